The molecule has 0 saturated carbocycles. The van der Waals surface area contributed by atoms with Gasteiger partial charge in [-0.3, -0.25) is 4.79 Å². The molecule has 32 heavy (non-hydrogen) atoms. The number of rotatable bonds is 7. The SMILES string of the molecule is Cc1cc(C)c(Cn2ccnc2CN(Cc2ccco2)C(=O)c2ccc(F)cc2)c(C)c1. The topological polar surface area (TPSA) is 51.3 Å². The summed E-state index contributed by atoms with van der Waals surface area (Å²) in [6.45, 7) is 7.60. The summed E-state index contributed by atoms with van der Waals surface area (Å²) >= 11 is 0. The van der Waals surface area contributed by atoms with E-state index in [9.17, 15) is 9.18 Å². The predicted octanol–water partition coefficient (Wildman–Crippen LogP) is 5.43. The molecule has 0 spiro atoms. The number of aryl methyl sites for hydroxylation is 3. The summed E-state index contributed by atoms with van der Waals surface area (Å²) in [6, 6.07) is 13.6. The molecule has 0 saturated heterocycles. The van der Waals surface area contributed by atoms with Gasteiger partial charge in [0.25, 0.3) is 5.91 Å². The highest BCUT2D eigenvalue weighted by Gasteiger charge is 2.20. The third-order valence-electron chi connectivity index (χ3n) is 5.61. The summed E-state index contributed by atoms with van der Waals surface area (Å²) in [7, 11) is 0. The Hall–Kier alpha value is -3.67. The third kappa shape index (κ3) is 4.80. The Labute approximate surface area is 187 Å². The first kappa shape index (κ1) is 21.6. The van der Waals surface area contributed by atoms with E-state index in [2.05, 4.69) is 42.5 Å². The van der Waals surface area contributed by atoms with Crippen molar-refractivity contribution >= 4 is 5.91 Å². The molecule has 164 valence electrons. The van der Waals surface area contributed by atoms with Crippen molar-refractivity contribution in [1.82, 2.24) is 14.5 Å². The van der Waals surface area contributed by atoms with Gasteiger partial charge in [-0.1, -0.05) is 17.7 Å². The maximum absolute atomic E-state index is 13.4. The molecule has 6 heteroatoms. The first-order valence-electron chi connectivity index (χ1n) is 10.5. The molecule has 5 nitrogen and oxygen atoms in total. The summed E-state index contributed by atoms with van der Waals surface area (Å²) < 4.78 is 20.9. The van der Waals surface area contributed by atoms with Gasteiger partial charge in [-0.15, -0.1) is 0 Å². The normalized spacial score (nSPS) is 11.0. The number of furan rings is 1. The summed E-state index contributed by atoms with van der Waals surface area (Å²) in [5.41, 5.74) is 5.37. The number of amides is 1. The first-order chi connectivity index (χ1) is 15.4. The van der Waals surface area contributed by atoms with E-state index < -0.39 is 0 Å². The van der Waals surface area contributed by atoms with Crippen LogP contribution in [0.1, 0.15) is 44.2 Å². The molecule has 2 heterocycles. The lowest BCUT2D eigenvalue weighted by molar-refractivity contribution is 0.0711. The fraction of sp³-hybridized carbons (Fsp3) is 0.231. The summed E-state index contributed by atoms with van der Waals surface area (Å²) in [5.74, 6) is 0.854. The van der Waals surface area contributed by atoms with Crippen molar-refractivity contribution in [3.8, 4) is 0 Å². The van der Waals surface area contributed by atoms with Gasteiger partial charge in [0, 0.05) is 24.5 Å². The van der Waals surface area contributed by atoms with E-state index in [0.29, 0.717) is 31.0 Å². The maximum Gasteiger partial charge on any atom is 0.254 e. The van der Waals surface area contributed by atoms with Crippen LogP contribution in [0.3, 0.4) is 0 Å². The monoisotopic (exact) mass is 431 g/mol. The van der Waals surface area contributed by atoms with Crippen molar-refractivity contribution in [3.63, 3.8) is 0 Å². The van der Waals surface area contributed by atoms with Gasteiger partial charge < -0.3 is 13.9 Å². The number of hydrogen-bond acceptors (Lipinski definition) is 3. The molecule has 2 aromatic carbocycles. The largest absolute Gasteiger partial charge is 0.467 e. The summed E-state index contributed by atoms with van der Waals surface area (Å²) in [4.78, 5) is 19.4. The Morgan fingerprint density at radius 2 is 1.78 bits per heavy atom. The standard InChI is InChI=1S/C26H26FN3O2/c1-18-13-19(2)24(20(3)14-18)16-29-11-10-28-25(29)17-30(15-23-5-4-12-32-23)26(31)21-6-8-22(27)9-7-21/h4-14H,15-17H2,1-3H3. The Bertz CT molecular complexity index is 1190. The smallest absolute Gasteiger partial charge is 0.254 e. The zero-order valence-corrected chi connectivity index (χ0v) is 18.5. The van der Waals surface area contributed by atoms with Crippen LogP contribution in [0.25, 0.3) is 0 Å². The molecular formula is C26H26FN3O2. The zero-order valence-electron chi connectivity index (χ0n) is 18.5. The zero-order chi connectivity index (χ0) is 22.7. The first-order valence-corrected chi connectivity index (χ1v) is 10.5. The highest BCUT2D eigenvalue weighted by Crippen LogP contribution is 2.20. The number of nitrogens with zero attached hydrogens (tertiary/aromatic N) is 3. The minimum Gasteiger partial charge on any atom is -0.467 e. The van der Waals surface area contributed by atoms with Crippen LogP contribution < -0.4 is 0 Å². The Morgan fingerprint density at radius 3 is 2.44 bits per heavy atom. The maximum atomic E-state index is 13.4. The number of benzene rings is 2. The van der Waals surface area contributed by atoms with Crippen LogP contribution in [0.15, 0.2) is 71.6 Å². The fourth-order valence-corrected chi connectivity index (χ4v) is 4.00. The molecule has 0 N–H and O–H groups in total. The van der Waals surface area contributed by atoms with E-state index in [1.807, 2.05) is 12.3 Å². The van der Waals surface area contributed by atoms with E-state index in [1.165, 1.54) is 46.5 Å². The molecule has 2 aromatic heterocycles. The van der Waals surface area contributed by atoms with Gasteiger partial charge in [-0.05, 0) is 73.9 Å². The average molecular weight is 432 g/mol. The number of carbonyl (C=O) groups excluding carboxylic acids is 1. The molecule has 0 aliphatic heterocycles. The Kier molecular flexibility index (Phi) is 6.21. The number of aromatic nitrogens is 2. The van der Waals surface area contributed by atoms with Crippen LogP contribution in [0, 0.1) is 26.6 Å². The molecule has 0 atom stereocenters. The summed E-state index contributed by atoms with van der Waals surface area (Å²) in [5, 5.41) is 0. The molecule has 0 aliphatic carbocycles. The molecule has 4 aromatic rings. The van der Waals surface area contributed by atoms with Crippen LogP contribution in [0.5, 0.6) is 0 Å². The van der Waals surface area contributed by atoms with Crippen LogP contribution in [-0.2, 0) is 19.6 Å². The van der Waals surface area contributed by atoms with Crippen molar-refractivity contribution in [1.29, 1.82) is 0 Å². The number of carbonyl (C=O) groups is 1. The Balaban J connectivity index is 1.61. The van der Waals surface area contributed by atoms with Crippen molar-refractivity contribution < 1.29 is 13.6 Å². The van der Waals surface area contributed by atoms with Gasteiger partial charge in [0.2, 0.25) is 0 Å². The van der Waals surface area contributed by atoms with Crippen molar-refractivity contribution in [3.05, 3.63) is 112 Å². The van der Waals surface area contributed by atoms with E-state index in [0.717, 1.165) is 5.82 Å². The molecule has 0 fully saturated rings. The van der Waals surface area contributed by atoms with Crippen LogP contribution in [-0.4, -0.2) is 20.4 Å². The lowest BCUT2D eigenvalue weighted by atomic mass is 10.00. The third-order valence-corrected chi connectivity index (χ3v) is 5.61. The predicted molar refractivity (Wildman–Crippen MR) is 121 cm³/mol. The van der Waals surface area contributed by atoms with Gasteiger partial charge in [0.15, 0.2) is 0 Å². The van der Waals surface area contributed by atoms with Gasteiger partial charge in [-0.25, -0.2) is 9.37 Å². The van der Waals surface area contributed by atoms with E-state index in [-0.39, 0.29) is 11.7 Å². The lowest BCUT2D eigenvalue weighted by Crippen LogP contribution is -2.31. The summed E-state index contributed by atoms with van der Waals surface area (Å²) in [6.07, 6.45) is 5.27. The molecule has 4 rings (SSSR count). The molecule has 1 amide bonds. The van der Waals surface area contributed by atoms with Crippen LogP contribution in [0.2, 0.25) is 0 Å². The van der Waals surface area contributed by atoms with E-state index >= 15 is 0 Å². The number of halogens is 1. The highest BCUT2D eigenvalue weighted by molar-refractivity contribution is 5.94. The van der Waals surface area contributed by atoms with Gasteiger partial charge >= 0.3 is 0 Å². The second-order valence-corrected chi connectivity index (χ2v) is 8.10. The van der Waals surface area contributed by atoms with Gasteiger partial charge in [0.1, 0.15) is 17.4 Å². The fourth-order valence-electron chi connectivity index (χ4n) is 4.00. The minimum atomic E-state index is -0.376. The van der Waals surface area contributed by atoms with Gasteiger partial charge in [-0.2, -0.15) is 0 Å². The molecular weight excluding hydrogens is 405 g/mol. The molecule has 0 aliphatic rings. The average Bonchev–Trinajstić information content (AvgIpc) is 3.42. The quantitative estimate of drug-likeness (QED) is 0.392. The van der Waals surface area contributed by atoms with Gasteiger partial charge in [0.05, 0.1) is 19.4 Å². The van der Waals surface area contributed by atoms with E-state index in [1.54, 1.807) is 23.4 Å². The second-order valence-electron chi connectivity index (χ2n) is 8.10. The number of hydrogen-bond donors (Lipinski definition) is 0. The van der Waals surface area contributed by atoms with Crippen molar-refractivity contribution in [2.24, 2.45) is 0 Å². The highest BCUT2D eigenvalue weighted by atomic mass is 19.1. The number of imidazole rings is 1. The molecule has 0 bridgehead atoms. The van der Waals surface area contributed by atoms with Crippen molar-refractivity contribution in [2.45, 2.75) is 40.4 Å². The minimum absolute atomic E-state index is 0.210. The van der Waals surface area contributed by atoms with E-state index in [4.69, 9.17) is 4.42 Å². The second kappa shape index (κ2) is 9.22. The van der Waals surface area contributed by atoms with Crippen LogP contribution >= 0.6 is 0 Å². The Morgan fingerprint density at radius 1 is 1.06 bits per heavy atom. The van der Waals surface area contributed by atoms with Crippen LogP contribution in [0.4, 0.5) is 4.39 Å². The van der Waals surface area contributed by atoms with Crippen molar-refractivity contribution in [2.75, 3.05) is 0 Å². The molecule has 0 unspecified atom stereocenters. The lowest BCUT2D eigenvalue weighted by Gasteiger charge is -2.22. The molecule has 0 radical (unpaired) electrons.